The van der Waals surface area contributed by atoms with Crippen LogP contribution < -0.4 is 0 Å². The second-order valence-corrected chi connectivity index (χ2v) is 5.53. The molecule has 1 aliphatic rings. The van der Waals surface area contributed by atoms with Crippen LogP contribution in [0.15, 0.2) is 0 Å². The fraction of sp³-hybridized carbons (Fsp3) is 1.00. The molecule has 2 unspecified atom stereocenters. The van der Waals surface area contributed by atoms with Gasteiger partial charge in [-0.1, -0.05) is 20.8 Å². The summed E-state index contributed by atoms with van der Waals surface area (Å²) in [5, 5.41) is 0. The first-order valence-corrected chi connectivity index (χ1v) is 5.91. The second-order valence-electron chi connectivity index (χ2n) is 5.53. The van der Waals surface area contributed by atoms with Crippen molar-refractivity contribution in [1.82, 2.24) is 4.90 Å². The molecule has 0 saturated carbocycles. The number of rotatable bonds is 2. The van der Waals surface area contributed by atoms with Crippen LogP contribution in [0.3, 0.4) is 0 Å². The van der Waals surface area contributed by atoms with Gasteiger partial charge < -0.3 is 0 Å². The van der Waals surface area contributed by atoms with E-state index in [-0.39, 0.29) is 12.0 Å². The van der Waals surface area contributed by atoms with E-state index in [1.165, 1.54) is 4.90 Å². The number of alkyl halides is 2. The lowest BCUT2D eigenvalue weighted by Gasteiger charge is -2.47. The van der Waals surface area contributed by atoms with E-state index in [9.17, 15) is 8.78 Å². The molecule has 3 heteroatoms. The largest absolute Gasteiger partial charge is 0.308 e. The maximum absolute atomic E-state index is 14.1. The summed E-state index contributed by atoms with van der Waals surface area (Å²) < 4.78 is 28.3. The molecular formula is C12H23F2N. The first-order valence-electron chi connectivity index (χ1n) is 5.91. The van der Waals surface area contributed by atoms with Gasteiger partial charge in [0.05, 0.1) is 0 Å². The minimum absolute atomic E-state index is 0.0454. The van der Waals surface area contributed by atoms with Crippen molar-refractivity contribution in [3.05, 3.63) is 0 Å². The zero-order chi connectivity index (χ0) is 11.8. The topological polar surface area (TPSA) is 3.24 Å². The van der Waals surface area contributed by atoms with Crippen molar-refractivity contribution in [1.29, 1.82) is 0 Å². The Kier molecular flexibility index (Phi) is 3.75. The van der Waals surface area contributed by atoms with Gasteiger partial charge in [-0.05, 0) is 32.1 Å². The first kappa shape index (κ1) is 12.9. The van der Waals surface area contributed by atoms with E-state index < -0.39 is 12.0 Å². The first-order chi connectivity index (χ1) is 6.76. The Morgan fingerprint density at radius 2 is 1.73 bits per heavy atom. The SMILES string of the molecule is CC1CC(C(C)C)C(F)(F)N(C(C)C)C1. The fourth-order valence-corrected chi connectivity index (χ4v) is 2.55. The summed E-state index contributed by atoms with van der Waals surface area (Å²) in [7, 11) is 0. The predicted molar refractivity (Wildman–Crippen MR) is 58.9 cm³/mol. The van der Waals surface area contributed by atoms with Crippen LogP contribution in [0.1, 0.15) is 41.0 Å². The summed E-state index contributed by atoms with van der Waals surface area (Å²) in [5.41, 5.74) is 0. The molecule has 15 heavy (non-hydrogen) atoms. The lowest BCUT2D eigenvalue weighted by atomic mass is 9.80. The van der Waals surface area contributed by atoms with Gasteiger partial charge in [0, 0.05) is 18.5 Å². The molecule has 90 valence electrons. The quantitative estimate of drug-likeness (QED) is 0.641. The third-order valence-corrected chi connectivity index (χ3v) is 3.42. The Morgan fingerprint density at radius 3 is 2.13 bits per heavy atom. The van der Waals surface area contributed by atoms with Crippen LogP contribution in [0.25, 0.3) is 0 Å². The van der Waals surface area contributed by atoms with Gasteiger partial charge in [0.25, 0.3) is 0 Å². The van der Waals surface area contributed by atoms with Crippen molar-refractivity contribution < 1.29 is 8.78 Å². The van der Waals surface area contributed by atoms with Crippen molar-refractivity contribution in [2.45, 2.75) is 53.1 Å². The maximum Gasteiger partial charge on any atom is 0.308 e. The average molecular weight is 219 g/mol. The van der Waals surface area contributed by atoms with Gasteiger partial charge in [0.2, 0.25) is 0 Å². The van der Waals surface area contributed by atoms with Crippen LogP contribution >= 0.6 is 0 Å². The molecule has 0 aromatic heterocycles. The highest BCUT2D eigenvalue weighted by molar-refractivity contribution is 4.89. The van der Waals surface area contributed by atoms with E-state index in [4.69, 9.17) is 0 Å². The molecule has 1 aliphatic heterocycles. The molecule has 0 radical (unpaired) electrons. The van der Waals surface area contributed by atoms with Gasteiger partial charge in [0.15, 0.2) is 0 Å². The highest BCUT2D eigenvalue weighted by atomic mass is 19.3. The summed E-state index contributed by atoms with van der Waals surface area (Å²) >= 11 is 0. The third-order valence-electron chi connectivity index (χ3n) is 3.42. The fourth-order valence-electron chi connectivity index (χ4n) is 2.55. The smallest absolute Gasteiger partial charge is 0.242 e. The van der Waals surface area contributed by atoms with Crippen LogP contribution in [0.4, 0.5) is 8.78 Å². The maximum atomic E-state index is 14.1. The van der Waals surface area contributed by atoms with Crippen molar-refractivity contribution in [2.24, 2.45) is 17.8 Å². The summed E-state index contributed by atoms with van der Waals surface area (Å²) in [6.45, 7) is 10.1. The Balaban J connectivity index is 2.90. The van der Waals surface area contributed by atoms with Crippen molar-refractivity contribution in [3.8, 4) is 0 Å². The number of halogens is 2. The van der Waals surface area contributed by atoms with Gasteiger partial charge in [-0.25, -0.2) is 4.90 Å². The van der Waals surface area contributed by atoms with Crippen molar-refractivity contribution >= 4 is 0 Å². The van der Waals surface area contributed by atoms with Crippen molar-refractivity contribution in [3.63, 3.8) is 0 Å². The minimum atomic E-state index is -2.63. The van der Waals surface area contributed by atoms with Crippen LogP contribution in [-0.2, 0) is 0 Å². The van der Waals surface area contributed by atoms with Gasteiger partial charge in [-0.3, -0.25) is 0 Å². The molecule has 1 saturated heterocycles. The van der Waals surface area contributed by atoms with E-state index in [1.807, 2.05) is 27.7 Å². The van der Waals surface area contributed by atoms with Crippen LogP contribution in [0, 0.1) is 17.8 Å². The number of nitrogens with zero attached hydrogens (tertiary/aromatic N) is 1. The zero-order valence-corrected chi connectivity index (χ0v) is 10.4. The van der Waals surface area contributed by atoms with Gasteiger partial charge >= 0.3 is 6.05 Å². The second kappa shape index (κ2) is 4.36. The normalized spacial score (nSPS) is 32.6. The summed E-state index contributed by atoms with van der Waals surface area (Å²) in [4.78, 5) is 1.37. The molecule has 0 aromatic carbocycles. The number of piperidine rings is 1. The van der Waals surface area contributed by atoms with Gasteiger partial charge in [-0.15, -0.1) is 0 Å². The minimum Gasteiger partial charge on any atom is -0.242 e. The monoisotopic (exact) mass is 219 g/mol. The number of hydrogen-bond acceptors (Lipinski definition) is 1. The molecule has 1 nitrogen and oxygen atoms in total. The Labute approximate surface area is 91.8 Å². The summed E-state index contributed by atoms with van der Waals surface area (Å²) in [6.07, 6.45) is 0.647. The van der Waals surface area contributed by atoms with Gasteiger partial charge in [0.1, 0.15) is 0 Å². The van der Waals surface area contributed by atoms with Gasteiger partial charge in [-0.2, -0.15) is 8.78 Å². The number of likely N-dealkylation sites (tertiary alicyclic amines) is 1. The summed E-state index contributed by atoms with van der Waals surface area (Å²) in [6, 6.07) is -2.71. The van der Waals surface area contributed by atoms with Crippen LogP contribution in [-0.4, -0.2) is 23.5 Å². The lowest BCUT2D eigenvalue weighted by molar-refractivity contribution is -0.235. The Hall–Kier alpha value is -0.180. The molecule has 2 atom stereocenters. The van der Waals surface area contributed by atoms with E-state index in [1.54, 1.807) is 0 Å². The van der Waals surface area contributed by atoms with E-state index >= 15 is 0 Å². The molecule has 0 bridgehead atoms. The lowest BCUT2D eigenvalue weighted by Crippen LogP contribution is -2.57. The zero-order valence-electron chi connectivity index (χ0n) is 10.4. The Morgan fingerprint density at radius 1 is 1.20 bits per heavy atom. The van der Waals surface area contributed by atoms with E-state index in [0.717, 1.165) is 0 Å². The highest BCUT2D eigenvalue weighted by Crippen LogP contribution is 2.43. The standard InChI is InChI=1S/C12H23F2N/c1-8(2)11-6-10(5)7-15(9(3)4)12(11,13)14/h8-11H,6-7H2,1-5H3. The molecule has 0 N–H and O–H groups in total. The molecule has 0 amide bonds. The molecule has 0 aliphatic carbocycles. The van der Waals surface area contributed by atoms with Crippen LogP contribution in [0.5, 0.6) is 0 Å². The van der Waals surface area contributed by atoms with Crippen LogP contribution in [0.2, 0.25) is 0 Å². The Bertz CT molecular complexity index is 194. The van der Waals surface area contributed by atoms with E-state index in [2.05, 4.69) is 6.92 Å². The van der Waals surface area contributed by atoms with E-state index in [0.29, 0.717) is 18.9 Å². The molecule has 0 spiro atoms. The molecule has 1 rings (SSSR count). The third kappa shape index (κ3) is 2.49. The predicted octanol–water partition coefficient (Wildman–Crippen LogP) is 3.60. The molecular weight excluding hydrogens is 196 g/mol. The molecule has 1 fully saturated rings. The highest BCUT2D eigenvalue weighted by Gasteiger charge is 2.51. The summed E-state index contributed by atoms with van der Waals surface area (Å²) in [5.74, 6) is -0.0768. The molecule has 1 heterocycles. The molecule has 0 aromatic rings. The number of hydrogen-bond donors (Lipinski definition) is 0. The van der Waals surface area contributed by atoms with Crippen molar-refractivity contribution in [2.75, 3.05) is 6.54 Å². The average Bonchev–Trinajstić information content (AvgIpc) is 2.07.